The Morgan fingerprint density at radius 2 is 1.84 bits per heavy atom. The fourth-order valence-electron chi connectivity index (χ4n) is 2.62. The van der Waals surface area contributed by atoms with Crippen molar-refractivity contribution in [2.75, 3.05) is 25.0 Å². The molecule has 104 valence electrons. The second-order valence-electron chi connectivity index (χ2n) is 5.27. The summed E-state index contributed by atoms with van der Waals surface area (Å²) in [5.74, 6) is 0.162. The number of nitrogens with zero attached hydrogens (tertiary/aromatic N) is 3. The van der Waals surface area contributed by atoms with Crippen LogP contribution in [0.25, 0.3) is 0 Å². The molecule has 5 nitrogen and oxygen atoms in total. The lowest BCUT2D eigenvalue weighted by Crippen LogP contribution is -2.55. The summed E-state index contributed by atoms with van der Waals surface area (Å²) in [6.07, 6.45) is 0. The molecular formula is C14H22N4O. The third-order valence-corrected chi connectivity index (χ3v) is 3.99. The van der Waals surface area contributed by atoms with Crippen molar-refractivity contribution in [3.8, 4) is 0 Å². The van der Waals surface area contributed by atoms with Gasteiger partial charge in [-0.25, -0.2) is 0 Å². The zero-order valence-electron chi connectivity index (χ0n) is 11.7. The van der Waals surface area contributed by atoms with Crippen LogP contribution in [0.1, 0.15) is 19.4 Å². The average molecular weight is 262 g/mol. The molecule has 5 heteroatoms. The number of likely N-dealkylation sites (N-methyl/N-ethyl adjacent to an activating group) is 1. The van der Waals surface area contributed by atoms with Gasteiger partial charge in [-0.2, -0.15) is 0 Å². The molecule has 1 heterocycles. The van der Waals surface area contributed by atoms with Crippen LogP contribution in [0.5, 0.6) is 0 Å². The lowest BCUT2D eigenvalue weighted by atomic mass is 10.1. The first kappa shape index (κ1) is 13.7. The van der Waals surface area contributed by atoms with Gasteiger partial charge in [0.25, 0.3) is 0 Å². The van der Waals surface area contributed by atoms with Gasteiger partial charge in [-0.1, -0.05) is 17.3 Å². The zero-order chi connectivity index (χ0) is 14.0. The molecule has 1 saturated heterocycles. The first-order valence-corrected chi connectivity index (χ1v) is 6.58. The van der Waals surface area contributed by atoms with Gasteiger partial charge in [0.1, 0.15) is 0 Å². The van der Waals surface area contributed by atoms with Crippen LogP contribution in [-0.2, 0) is 0 Å². The van der Waals surface area contributed by atoms with Gasteiger partial charge >= 0.3 is 0 Å². The number of benzene rings is 1. The Labute approximate surface area is 114 Å². The van der Waals surface area contributed by atoms with Crippen molar-refractivity contribution >= 4 is 11.5 Å². The molecule has 0 radical (unpaired) electrons. The molecule has 0 aromatic heterocycles. The monoisotopic (exact) mass is 262 g/mol. The van der Waals surface area contributed by atoms with E-state index >= 15 is 0 Å². The Morgan fingerprint density at radius 1 is 1.26 bits per heavy atom. The number of para-hydroxylation sites is 1. The summed E-state index contributed by atoms with van der Waals surface area (Å²) in [6, 6.07) is 8.75. The highest BCUT2D eigenvalue weighted by Crippen LogP contribution is 2.25. The van der Waals surface area contributed by atoms with Crippen LogP contribution in [-0.4, -0.2) is 48.2 Å². The van der Waals surface area contributed by atoms with Crippen LogP contribution >= 0.6 is 0 Å². The van der Waals surface area contributed by atoms with Crippen molar-refractivity contribution in [1.82, 2.24) is 4.90 Å². The van der Waals surface area contributed by atoms with Gasteiger partial charge in [-0.3, -0.25) is 4.90 Å². The zero-order valence-corrected chi connectivity index (χ0v) is 11.7. The molecule has 2 unspecified atom stereocenters. The van der Waals surface area contributed by atoms with Crippen molar-refractivity contribution in [3.63, 3.8) is 0 Å². The third kappa shape index (κ3) is 2.66. The molecule has 1 fully saturated rings. The Balaban J connectivity index is 2.32. The highest BCUT2D eigenvalue weighted by Gasteiger charge is 2.27. The number of anilines is 1. The molecule has 1 aliphatic rings. The standard InChI is InChI=1S/C14H22N4O/c1-10-8-18(9-11(2)17(10)3)13-7-5-4-6-12(13)14(15)16-19/h4-7,10-11,19H,8-9H2,1-3H3,(H2,15,16). The highest BCUT2D eigenvalue weighted by atomic mass is 16.4. The predicted octanol–water partition coefficient (Wildman–Crippen LogP) is 1.31. The molecule has 19 heavy (non-hydrogen) atoms. The highest BCUT2D eigenvalue weighted by molar-refractivity contribution is 6.02. The third-order valence-electron chi connectivity index (χ3n) is 3.99. The topological polar surface area (TPSA) is 65.1 Å². The summed E-state index contributed by atoms with van der Waals surface area (Å²) in [4.78, 5) is 4.69. The van der Waals surface area contributed by atoms with Crippen LogP contribution in [0.2, 0.25) is 0 Å². The maximum absolute atomic E-state index is 8.89. The lowest BCUT2D eigenvalue weighted by molar-refractivity contribution is 0.170. The number of nitrogens with two attached hydrogens (primary N) is 1. The Kier molecular flexibility index (Phi) is 3.95. The van der Waals surface area contributed by atoms with Gasteiger partial charge in [0.15, 0.2) is 5.84 Å². The van der Waals surface area contributed by atoms with Gasteiger partial charge < -0.3 is 15.8 Å². The van der Waals surface area contributed by atoms with E-state index in [4.69, 9.17) is 10.9 Å². The molecule has 1 aromatic carbocycles. The predicted molar refractivity (Wildman–Crippen MR) is 77.9 cm³/mol. The molecule has 0 aliphatic carbocycles. The maximum Gasteiger partial charge on any atom is 0.172 e. The van der Waals surface area contributed by atoms with Crippen molar-refractivity contribution in [2.45, 2.75) is 25.9 Å². The molecule has 2 rings (SSSR count). The lowest BCUT2D eigenvalue weighted by Gasteiger charge is -2.44. The fraction of sp³-hybridized carbons (Fsp3) is 0.500. The normalized spacial score (nSPS) is 25.6. The average Bonchev–Trinajstić information content (AvgIpc) is 2.43. The van der Waals surface area contributed by atoms with Crippen molar-refractivity contribution in [1.29, 1.82) is 0 Å². The molecule has 1 aliphatic heterocycles. The Bertz CT molecular complexity index is 462. The summed E-state index contributed by atoms with van der Waals surface area (Å²) in [6.45, 7) is 6.32. The summed E-state index contributed by atoms with van der Waals surface area (Å²) in [5.41, 5.74) is 7.58. The van der Waals surface area contributed by atoms with Gasteiger partial charge in [0, 0.05) is 36.4 Å². The first-order valence-electron chi connectivity index (χ1n) is 6.58. The smallest absolute Gasteiger partial charge is 0.172 e. The maximum atomic E-state index is 8.89. The van der Waals surface area contributed by atoms with Gasteiger partial charge in [-0.15, -0.1) is 0 Å². The van der Waals surface area contributed by atoms with E-state index in [1.165, 1.54) is 0 Å². The molecule has 1 aromatic rings. The first-order chi connectivity index (χ1) is 9.04. The summed E-state index contributed by atoms with van der Waals surface area (Å²) >= 11 is 0. The van der Waals surface area contributed by atoms with Crippen molar-refractivity contribution in [3.05, 3.63) is 29.8 Å². The van der Waals surface area contributed by atoms with E-state index in [2.05, 4.69) is 35.9 Å². The minimum absolute atomic E-state index is 0.162. The Hall–Kier alpha value is -1.75. The van der Waals surface area contributed by atoms with E-state index in [1.807, 2.05) is 24.3 Å². The van der Waals surface area contributed by atoms with Crippen LogP contribution in [0.15, 0.2) is 29.4 Å². The number of hydrogen-bond donors (Lipinski definition) is 2. The summed E-state index contributed by atoms with van der Waals surface area (Å²) < 4.78 is 0. The van der Waals surface area contributed by atoms with E-state index in [1.54, 1.807) is 0 Å². The number of oxime groups is 1. The minimum Gasteiger partial charge on any atom is -0.409 e. The van der Waals surface area contributed by atoms with Crippen LogP contribution in [0.4, 0.5) is 5.69 Å². The van der Waals surface area contributed by atoms with E-state index < -0.39 is 0 Å². The number of rotatable bonds is 2. The van der Waals surface area contributed by atoms with E-state index in [0.29, 0.717) is 12.1 Å². The fourth-order valence-corrected chi connectivity index (χ4v) is 2.62. The summed E-state index contributed by atoms with van der Waals surface area (Å²) in [5, 5.41) is 12.0. The quantitative estimate of drug-likeness (QED) is 0.365. The van der Waals surface area contributed by atoms with Gasteiger partial charge in [0.2, 0.25) is 0 Å². The molecule has 3 N–H and O–H groups in total. The van der Waals surface area contributed by atoms with Crippen molar-refractivity contribution in [2.24, 2.45) is 10.9 Å². The molecule has 0 bridgehead atoms. The van der Waals surface area contributed by atoms with Crippen LogP contribution in [0, 0.1) is 0 Å². The van der Waals surface area contributed by atoms with E-state index in [-0.39, 0.29) is 5.84 Å². The van der Waals surface area contributed by atoms with Gasteiger partial charge in [-0.05, 0) is 33.0 Å². The van der Waals surface area contributed by atoms with Crippen LogP contribution < -0.4 is 10.6 Å². The van der Waals surface area contributed by atoms with E-state index in [0.717, 1.165) is 24.3 Å². The Morgan fingerprint density at radius 3 is 2.42 bits per heavy atom. The van der Waals surface area contributed by atoms with Gasteiger partial charge in [0.05, 0.1) is 0 Å². The molecule has 0 saturated carbocycles. The van der Waals surface area contributed by atoms with E-state index in [9.17, 15) is 0 Å². The minimum atomic E-state index is 0.162. The molecular weight excluding hydrogens is 240 g/mol. The number of amidine groups is 1. The molecule has 0 spiro atoms. The number of hydrogen-bond acceptors (Lipinski definition) is 4. The molecule has 2 atom stereocenters. The molecule has 0 amide bonds. The van der Waals surface area contributed by atoms with Crippen LogP contribution in [0.3, 0.4) is 0 Å². The SMILES string of the molecule is CC1CN(c2ccccc2/C(N)=N/O)CC(C)N1C. The second kappa shape index (κ2) is 5.48. The number of piperazine rings is 1. The largest absolute Gasteiger partial charge is 0.409 e. The van der Waals surface area contributed by atoms with Crippen molar-refractivity contribution < 1.29 is 5.21 Å². The summed E-state index contributed by atoms with van der Waals surface area (Å²) in [7, 11) is 2.15. The second-order valence-corrected chi connectivity index (χ2v) is 5.27.